The summed E-state index contributed by atoms with van der Waals surface area (Å²) in [6.45, 7) is 3.22. The Morgan fingerprint density at radius 3 is 2.56 bits per heavy atom. The number of alkyl halides is 2. The van der Waals surface area contributed by atoms with Crippen LogP contribution in [0.1, 0.15) is 42.8 Å². The Labute approximate surface area is 193 Å². The van der Waals surface area contributed by atoms with Crippen molar-refractivity contribution in [3.63, 3.8) is 0 Å². The molecule has 4 aromatic rings. The molecule has 176 valence electrons. The molecule has 8 nitrogen and oxygen atoms in total. The number of rotatable bonds is 7. The number of aromatic nitrogens is 6. The van der Waals surface area contributed by atoms with Gasteiger partial charge >= 0.3 is 6.43 Å². The van der Waals surface area contributed by atoms with Gasteiger partial charge in [-0.2, -0.15) is 8.78 Å². The number of hydrogen-bond donors (Lipinski definition) is 0. The molecule has 0 unspecified atom stereocenters. The Bertz CT molecular complexity index is 1250. The van der Waals surface area contributed by atoms with E-state index >= 15 is 0 Å². The molecule has 0 bridgehead atoms. The van der Waals surface area contributed by atoms with Gasteiger partial charge in [-0.3, -0.25) is 9.88 Å². The molecule has 1 aliphatic heterocycles. The minimum absolute atomic E-state index is 0.0303. The van der Waals surface area contributed by atoms with E-state index in [-0.39, 0.29) is 11.7 Å². The van der Waals surface area contributed by atoms with E-state index in [4.69, 9.17) is 4.42 Å². The average Bonchev–Trinajstić information content (AvgIpc) is 3.52. The fourth-order valence-corrected chi connectivity index (χ4v) is 3.99. The molecule has 0 atom stereocenters. The molecule has 1 fully saturated rings. The minimum atomic E-state index is -2.83. The van der Waals surface area contributed by atoms with Crippen molar-refractivity contribution in [1.82, 2.24) is 35.1 Å². The van der Waals surface area contributed by atoms with Crippen molar-refractivity contribution >= 4 is 0 Å². The summed E-state index contributed by atoms with van der Waals surface area (Å²) in [4.78, 5) is 6.68. The van der Waals surface area contributed by atoms with Gasteiger partial charge < -0.3 is 4.42 Å². The smallest absolute Gasteiger partial charge is 0.314 e. The number of hydrogen-bond acceptors (Lipinski definition) is 7. The first kappa shape index (κ1) is 22.2. The van der Waals surface area contributed by atoms with Crippen LogP contribution in [0, 0.1) is 5.82 Å². The molecule has 1 saturated heterocycles. The second-order valence-electron chi connectivity index (χ2n) is 8.24. The maximum atomic E-state index is 14.6. The highest BCUT2D eigenvalue weighted by molar-refractivity contribution is 5.59. The van der Waals surface area contributed by atoms with Crippen LogP contribution in [-0.2, 0) is 13.1 Å². The summed E-state index contributed by atoms with van der Waals surface area (Å²) in [5.41, 5.74) is 2.97. The molecule has 11 heteroatoms. The Morgan fingerprint density at radius 2 is 1.82 bits per heavy atom. The summed E-state index contributed by atoms with van der Waals surface area (Å²) in [5.74, 6) is -1.11. The van der Waals surface area contributed by atoms with Crippen LogP contribution >= 0.6 is 0 Å². The first-order valence-corrected chi connectivity index (χ1v) is 11.0. The molecule has 4 heterocycles. The van der Waals surface area contributed by atoms with E-state index < -0.39 is 12.3 Å². The number of likely N-dealkylation sites (tertiary alicyclic amines) is 1. The lowest BCUT2D eigenvalue weighted by molar-refractivity contribution is 0.116. The second-order valence-corrected chi connectivity index (χ2v) is 8.24. The van der Waals surface area contributed by atoms with Crippen LogP contribution in [-0.4, -0.2) is 48.2 Å². The number of pyridine rings is 1. The van der Waals surface area contributed by atoms with Gasteiger partial charge in [-0.05, 0) is 55.8 Å². The van der Waals surface area contributed by atoms with E-state index in [1.807, 2.05) is 12.1 Å². The number of halogens is 3. The van der Waals surface area contributed by atoms with Gasteiger partial charge in [0.05, 0.1) is 24.0 Å². The molecule has 5 rings (SSSR count). The molecule has 0 saturated carbocycles. The van der Waals surface area contributed by atoms with E-state index in [0.717, 1.165) is 25.2 Å². The van der Waals surface area contributed by atoms with E-state index in [1.165, 1.54) is 31.5 Å². The van der Waals surface area contributed by atoms with Gasteiger partial charge in [0.2, 0.25) is 5.89 Å². The maximum Gasteiger partial charge on any atom is 0.314 e. The van der Waals surface area contributed by atoms with Crippen molar-refractivity contribution in [1.29, 1.82) is 0 Å². The van der Waals surface area contributed by atoms with Crippen molar-refractivity contribution in [3.8, 4) is 22.7 Å². The third-order valence-corrected chi connectivity index (χ3v) is 5.72. The van der Waals surface area contributed by atoms with Crippen LogP contribution in [0.5, 0.6) is 0 Å². The van der Waals surface area contributed by atoms with Crippen molar-refractivity contribution in [3.05, 3.63) is 65.7 Å². The van der Waals surface area contributed by atoms with Crippen molar-refractivity contribution in [2.75, 3.05) is 13.1 Å². The zero-order chi connectivity index (χ0) is 23.5. The number of nitrogens with zero attached hydrogens (tertiary/aromatic N) is 7. The van der Waals surface area contributed by atoms with Gasteiger partial charge in [0.15, 0.2) is 0 Å². The Kier molecular flexibility index (Phi) is 6.35. The summed E-state index contributed by atoms with van der Waals surface area (Å²) >= 11 is 0. The van der Waals surface area contributed by atoms with Crippen LogP contribution < -0.4 is 0 Å². The van der Waals surface area contributed by atoms with E-state index in [1.54, 1.807) is 23.0 Å². The fourth-order valence-electron chi connectivity index (χ4n) is 3.99. The van der Waals surface area contributed by atoms with E-state index in [0.29, 0.717) is 29.1 Å². The van der Waals surface area contributed by atoms with Gasteiger partial charge in [-0.25, -0.2) is 9.07 Å². The second kappa shape index (κ2) is 9.72. The van der Waals surface area contributed by atoms with Crippen LogP contribution in [0.3, 0.4) is 0 Å². The topological polar surface area (TPSA) is 85.8 Å². The Hall–Kier alpha value is -3.60. The molecule has 1 aliphatic rings. The van der Waals surface area contributed by atoms with E-state index in [2.05, 4.69) is 30.4 Å². The van der Waals surface area contributed by atoms with Crippen LogP contribution in [0.2, 0.25) is 0 Å². The average molecular weight is 469 g/mol. The van der Waals surface area contributed by atoms with Crippen molar-refractivity contribution < 1.29 is 17.6 Å². The standard InChI is InChI=1S/C23H22F3N7O/c24-19-7-4-15(12-32-8-2-1-3-9-32)10-18(19)20-14-33(31-28-20)13-17-6-5-16(11-27-17)22-29-30-23(34-22)21(25)26/h4-7,10-11,14,21H,1-3,8-9,12-13H2. The summed E-state index contributed by atoms with van der Waals surface area (Å²) in [6, 6.07) is 8.47. The molecule has 0 amide bonds. The zero-order valence-corrected chi connectivity index (χ0v) is 18.2. The molecular formula is C23H22F3N7O. The molecule has 0 spiro atoms. The molecule has 0 radical (unpaired) electrons. The lowest BCUT2D eigenvalue weighted by Gasteiger charge is -2.26. The predicted molar refractivity (Wildman–Crippen MR) is 116 cm³/mol. The summed E-state index contributed by atoms with van der Waals surface area (Å²) in [6.07, 6.45) is 3.96. The normalized spacial score (nSPS) is 14.7. The van der Waals surface area contributed by atoms with Crippen LogP contribution in [0.4, 0.5) is 13.2 Å². The number of benzene rings is 1. The first-order valence-electron chi connectivity index (χ1n) is 11.0. The Morgan fingerprint density at radius 1 is 0.971 bits per heavy atom. The quantitative estimate of drug-likeness (QED) is 0.394. The van der Waals surface area contributed by atoms with Crippen LogP contribution in [0.25, 0.3) is 22.7 Å². The first-order chi connectivity index (χ1) is 16.5. The van der Waals surface area contributed by atoms with Crippen molar-refractivity contribution in [2.45, 2.75) is 38.8 Å². The van der Waals surface area contributed by atoms with Crippen molar-refractivity contribution in [2.24, 2.45) is 0 Å². The van der Waals surface area contributed by atoms with Gasteiger partial charge in [0, 0.05) is 18.3 Å². The monoisotopic (exact) mass is 469 g/mol. The highest BCUT2D eigenvalue weighted by Gasteiger charge is 2.18. The van der Waals surface area contributed by atoms with Gasteiger partial charge in [-0.15, -0.1) is 15.3 Å². The molecular weight excluding hydrogens is 447 g/mol. The fraction of sp³-hybridized carbons (Fsp3) is 0.348. The van der Waals surface area contributed by atoms with E-state index in [9.17, 15) is 13.2 Å². The molecule has 34 heavy (non-hydrogen) atoms. The van der Waals surface area contributed by atoms with Crippen LogP contribution in [0.15, 0.2) is 47.1 Å². The van der Waals surface area contributed by atoms with Gasteiger partial charge in [0.25, 0.3) is 5.89 Å². The van der Waals surface area contributed by atoms with Gasteiger partial charge in [0.1, 0.15) is 11.5 Å². The largest absolute Gasteiger partial charge is 0.415 e. The minimum Gasteiger partial charge on any atom is -0.415 e. The lowest BCUT2D eigenvalue weighted by atomic mass is 10.1. The highest BCUT2D eigenvalue weighted by atomic mass is 19.3. The lowest BCUT2D eigenvalue weighted by Crippen LogP contribution is -2.29. The highest BCUT2D eigenvalue weighted by Crippen LogP contribution is 2.25. The number of piperidine rings is 1. The molecule has 0 aliphatic carbocycles. The SMILES string of the molecule is Fc1ccc(CN2CCCCC2)cc1-c1cn(Cc2ccc(-c3nnc(C(F)F)o3)cn2)nn1. The molecule has 0 N–H and O–H groups in total. The molecule has 1 aromatic carbocycles. The summed E-state index contributed by atoms with van der Waals surface area (Å²) < 4.78 is 46.3. The Balaban J connectivity index is 1.28. The third kappa shape index (κ3) is 4.98. The maximum absolute atomic E-state index is 14.6. The third-order valence-electron chi connectivity index (χ3n) is 5.72. The summed E-state index contributed by atoms with van der Waals surface area (Å²) in [7, 11) is 0. The summed E-state index contributed by atoms with van der Waals surface area (Å²) in [5, 5.41) is 15.2. The van der Waals surface area contributed by atoms with Gasteiger partial charge in [-0.1, -0.05) is 17.7 Å². The predicted octanol–water partition coefficient (Wildman–Crippen LogP) is 4.50. The molecule has 3 aromatic heterocycles. The zero-order valence-electron chi connectivity index (χ0n) is 18.2.